The first-order valence-electron chi connectivity index (χ1n) is 8.75. The van der Waals surface area contributed by atoms with Crippen molar-refractivity contribution in [3.8, 4) is 0 Å². The monoisotopic (exact) mass is 428 g/mol. The van der Waals surface area contributed by atoms with Crippen LogP contribution in [0.15, 0.2) is 12.5 Å². The molecule has 4 atom stereocenters. The van der Waals surface area contributed by atoms with Crippen LogP contribution in [0.5, 0.6) is 0 Å². The molecule has 0 saturated carbocycles. The smallest absolute Gasteiger partial charge is 0.326 e. The number of aliphatic hydroxyl groups is 1. The fraction of sp³-hybridized carbons (Fsp3) is 0.500. The number of aromatic amines is 1. The molecule has 0 radical (unpaired) electrons. The number of amides is 3. The maximum absolute atomic E-state index is 12.6. The molecule has 0 fully saturated rings. The molecule has 166 valence electrons. The number of hydrogen-bond acceptors (Lipinski definition) is 8. The minimum Gasteiger partial charge on any atom is -0.481 e. The molecule has 0 bridgehead atoms. The van der Waals surface area contributed by atoms with Gasteiger partial charge in [0.2, 0.25) is 17.7 Å². The molecular weight excluding hydrogens is 404 g/mol. The molecule has 1 aromatic heterocycles. The van der Waals surface area contributed by atoms with Crippen molar-refractivity contribution < 1.29 is 39.3 Å². The molecule has 0 aliphatic heterocycles. The summed E-state index contributed by atoms with van der Waals surface area (Å²) in [5.74, 6) is -5.70. The Kier molecular flexibility index (Phi) is 9.38. The van der Waals surface area contributed by atoms with Crippen molar-refractivity contribution in [2.75, 3.05) is 6.54 Å². The van der Waals surface area contributed by atoms with Crippen LogP contribution < -0.4 is 21.7 Å². The van der Waals surface area contributed by atoms with Crippen molar-refractivity contribution in [1.29, 1.82) is 0 Å². The first kappa shape index (κ1) is 24.5. The Hall–Kier alpha value is -3.52. The quantitative estimate of drug-likeness (QED) is 0.162. The van der Waals surface area contributed by atoms with Gasteiger partial charge in [-0.05, 0) is 6.92 Å². The lowest BCUT2D eigenvalue weighted by Gasteiger charge is -2.25. The van der Waals surface area contributed by atoms with Crippen molar-refractivity contribution in [3.05, 3.63) is 18.2 Å². The number of nitrogens with zero attached hydrogens (tertiary/aromatic N) is 1. The van der Waals surface area contributed by atoms with Crippen LogP contribution in [-0.4, -0.2) is 85.7 Å². The summed E-state index contributed by atoms with van der Waals surface area (Å²) in [6, 6.07) is -4.58. The van der Waals surface area contributed by atoms with Crippen LogP contribution in [0.4, 0.5) is 0 Å². The van der Waals surface area contributed by atoms with Crippen LogP contribution >= 0.6 is 0 Å². The average Bonchev–Trinajstić information content (AvgIpc) is 3.16. The number of rotatable bonds is 12. The SMILES string of the molecule is CC(O)C(NC(=O)C(Cc1cnc[nH]1)NC(=O)CN)C(=O)NC(CC(=O)O)C(=O)O. The number of hydrogen-bond donors (Lipinski definition) is 8. The van der Waals surface area contributed by atoms with Crippen LogP contribution in [0, 0.1) is 0 Å². The van der Waals surface area contributed by atoms with Gasteiger partial charge in [0.15, 0.2) is 0 Å². The normalized spacial score (nSPS) is 14.6. The van der Waals surface area contributed by atoms with Gasteiger partial charge >= 0.3 is 11.9 Å². The number of carbonyl (C=O) groups is 5. The summed E-state index contributed by atoms with van der Waals surface area (Å²) in [5.41, 5.74) is 5.73. The van der Waals surface area contributed by atoms with E-state index in [4.69, 9.17) is 15.9 Å². The highest BCUT2D eigenvalue weighted by Crippen LogP contribution is 2.03. The van der Waals surface area contributed by atoms with Gasteiger partial charge in [0, 0.05) is 18.3 Å². The molecule has 1 rings (SSSR count). The van der Waals surface area contributed by atoms with E-state index < -0.39 is 66.9 Å². The van der Waals surface area contributed by atoms with E-state index in [0.29, 0.717) is 5.69 Å². The lowest BCUT2D eigenvalue weighted by atomic mass is 10.1. The van der Waals surface area contributed by atoms with Crippen molar-refractivity contribution >= 4 is 29.7 Å². The average molecular weight is 428 g/mol. The second-order valence-electron chi connectivity index (χ2n) is 6.33. The molecule has 3 amide bonds. The Balaban J connectivity index is 2.94. The predicted molar refractivity (Wildman–Crippen MR) is 98.7 cm³/mol. The topological polar surface area (TPSA) is 237 Å². The van der Waals surface area contributed by atoms with Gasteiger partial charge in [-0.15, -0.1) is 0 Å². The van der Waals surface area contributed by atoms with Gasteiger partial charge in [-0.25, -0.2) is 9.78 Å². The van der Waals surface area contributed by atoms with Crippen molar-refractivity contribution in [3.63, 3.8) is 0 Å². The molecule has 14 nitrogen and oxygen atoms in total. The largest absolute Gasteiger partial charge is 0.481 e. The highest BCUT2D eigenvalue weighted by molar-refractivity contribution is 5.94. The first-order chi connectivity index (χ1) is 14.0. The molecule has 0 aliphatic rings. The molecule has 4 unspecified atom stereocenters. The fourth-order valence-electron chi connectivity index (χ4n) is 2.37. The zero-order valence-corrected chi connectivity index (χ0v) is 16.0. The Morgan fingerprint density at radius 3 is 2.23 bits per heavy atom. The van der Waals surface area contributed by atoms with Crippen molar-refractivity contribution in [1.82, 2.24) is 25.9 Å². The van der Waals surface area contributed by atoms with Gasteiger partial charge in [0.25, 0.3) is 0 Å². The predicted octanol–water partition coefficient (Wildman–Crippen LogP) is -3.69. The summed E-state index contributed by atoms with van der Waals surface area (Å²) in [7, 11) is 0. The Labute approximate surface area is 170 Å². The van der Waals surface area contributed by atoms with Crippen LogP contribution in [-0.2, 0) is 30.4 Å². The summed E-state index contributed by atoms with van der Waals surface area (Å²) in [4.78, 5) is 65.1. The number of nitrogens with two attached hydrogens (primary N) is 1. The number of aliphatic hydroxyl groups excluding tert-OH is 1. The van der Waals surface area contributed by atoms with Gasteiger partial charge in [-0.1, -0.05) is 0 Å². The summed E-state index contributed by atoms with van der Waals surface area (Å²) < 4.78 is 0. The van der Waals surface area contributed by atoms with Gasteiger partial charge in [-0.2, -0.15) is 0 Å². The minimum atomic E-state index is -1.77. The Morgan fingerprint density at radius 2 is 1.77 bits per heavy atom. The number of carboxylic acid groups (broad SMARTS) is 2. The van der Waals surface area contributed by atoms with E-state index in [-0.39, 0.29) is 6.42 Å². The number of aliphatic carboxylic acids is 2. The van der Waals surface area contributed by atoms with Crippen molar-refractivity contribution in [2.24, 2.45) is 5.73 Å². The summed E-state index contributed by atoms with van der Waals surface area (Å²) in [6.07, 6.45) is 0.359. The highest BCUT2D eigenvalue weighted by atomic mass is 16.4. The van der Waals surface area contributed by atoms with E-state index in [2.05, 4.69) is 20.6 Å². The number of aromatic nitrogens is 2. The van der Waals surface area contributed by atoms with Gasteiger partial charge in [0.1, 0.15) is 18.1 Å². The van der Waals surface area contributed by atoms with Gasteiger partial charge < -0.3 is 42.0 Å². The minimum absolute atomic E-state index is 0.0392. The molecule has 1 heterocycles. The first-order valence-corrected chi connectivity index (χ1v) is 8.75. The van der Waals surface area contributed by atoms with Gasteiger partial charge in [0.05, 0.1) is 25.4 Å². The number of imidazole rings is 1. The third kappa shape index (κ3) is 7.84. The van der Waals surface area contributed by atoms with Gasteiger partial charge in [-0.3, -0.25) is 19.2 Å². The summed E-state index contributed by atoms with van der Waals surface area (Å²) in [5, 5.41) is 34.2. The van der Waals surface area contributed by atoms with E-state index in [1.54, 1.807) is 0 Å². The third-order valence-corrected chi connectivity index (χ3v) is 3.87. The third-order valence-electron chi connectivity index (χ3n) is 3.87. The molecule has 0 spiro atoms. The van der Waals surface area contributed by atoms with Crippen LogP contribution in [0.2, 0.25) is 0 Å². The summed E-state index contributed by atoms with van der Waals surface area (Å²) >= 11 is 0. The van der Waals surface area contributed by atoms with Crippen LogP contribution in [0.25, 0.3) is 0 Å². The van der Waals surface area contributed by atoms with E-state index in [1.807, 2.05) is 5.32 Å². The number of H-pyrrole nitrogens is 1. The van der Waals surface area contributed by atoms with Crippen LogP contribution in [0.1, 0.15) is 19.0 Å². The second kappa shape index (κ2) is 11.5. The number of carboxylic acids is 2. The Bertz CT molecular complexity index is 766. The van der Waals surface area contributed by atoms with E-state index >= 15 is 0 Å². The summed E-state index contributed by atoms with van der Waals surface area (Å²) in [6.45, 7) is 0.766. The molecular formula is C16H24N6O8. The fourth-order valence-corrected chi connectivity index (χ4v) is 2.37. The molecule has 14 heteroatoms. The maximum atomic E-state index is 12.6. The number of carbonyl (C=O) groups excluding carboxylic acids is 3. The maximum Gasteiger partial charge on any atom is 0.326 e. The molecule has 0 saturated heterocycles. The van der Waals surface area contributed by atoms with Crippen LogP contribution in [0.3, 0.4) is 0 Å². The van der Waals surface area contributed by atoms with E-state index in [0.717, 1.165) is 0 Å². The second-order valence-corrected chi connectivity index (χ2v) is 6.33. The van der Waals surface area contributed by atoms with E-state index in [1.165, 1.54) is 19.4 Å². The van der Waals surface area contributed by atoms with E-state index in [9.17, 15) is 29.1 Å². The zero-order chi connectivity index (χ0) is 22.8. The lowest BCUT2D eigenvalue weighted by Crippen LogP contribution is -2.59. The molecule has 1 aromatic rings. The standard InChI is InChI=1S/C16H24N6O8/c1-7(23)13(15(28)21-10(16(29)30)3-12(25)26)22-14(27)9(20-11(24)4-17)2-8-5-18-6-19-8/h5-7,9-10,13,23H,2-4,17H2,1H3,(H,18,19)(H,20,24)(H,21,28)(H,22,27)(H,25,26)(H,29,30). The molecule has 0 aliphatic carbocycles. The number of nitrogens with one attached hydrogen (secondary N) is 4. The Morgan fingerprint density at radius 1 is 1.10 bits per heavy atom. The highest BCUT2D eigenvalue weighted by Gasteiger charge is 2.33. The zero-order valence-electron chi connectivity index (χ0n) is 16.0. The lowest BCUT2D eigenvalue weighted by molar-refractivity contribution is -0.148. The molecule has 9 N–H and O–H groups in total. The van der Waals surface area contributed by atoms with Crippen molar-refractivity contribution in [2.45, 2.75) is 44.0 Å². The molecule has 30 heavy (non-hydrogen) atoms. The molecule has 0 aromatic carbocycles.